The predicted molar refractivity (Wildman–Crippen MR) is 86.6 cm³/mol. The third kappa shape index (κ3) is 3.45. The summed E-state index contributed by atoms with van der Waals surface area (Å²) >= 11 is 0. The van der Waals surface area contributed by atoms with Crippen LogP contribution in [0.5, 0.6) is 0 Å². The summed E-state index contributed by atoms with van der Waals surface area (Å²) in [7, 11) is 0. The SMILES string of the molecule is CC(C)c1nc(C2CCCCCCC2)nc2c1CNCC2. The van der Waals surface area contributed by atoms with Crippen LogP contribution in [0.25, 0.3) is 0 Å². The quantitative estimate of drug-likeness (QED) is 0.891. The van der Waals surface area contributed by atoms with Crippen LogP contribution in [0.1, 0.15) is 93.4 Å². The molecule has 0 saturated heterocycles. The molecule has 0 radical (unpaired) electrons. The maximum Gasteiger partial charge on any atom is 0.131 e. The summed E-state index contributed by atoms with van der Waals surface area (Å²) in [5, 5.41) is 3.47. The number of rotatable bonds is 2. The molecule has 1 aliphatic heterocycles. The van der Waals surface area contributed by atoms with E-state index in [-0.39, 0.29) is 0 Å². The molecule has 0 aromatic carbocycles. The highest BCUT2D eigenvalue weighted by Crippen LogP contribution is 2.31. The maximum atomic E-state index is 5.03. The molecule has 0 bridgehead atoms. The molecular weight excluding hydrogens is 258 g/mol. The second-order valence-electron chi connectivity index (χ2n) is 7.02. The molecule has 1 N–H and O–H groups in total. The fourth-order valence-corrected chi connectivity index (χ4v) is 3.76. The van der Waals surface area contributed by atoms with Gasteiger partial charge in [0.2, 0.25) is 0 Å². The van der Waals surface area contributed by atoms with Gasteiger partial charge in [-0.05, 0) is 18.8 Å². The standard InChI is InChI=1S/C18H29N3/c1-13(2)17-15-12-19-11-10-16(15)20-18(21-17)14-8-6-4-3-5-7-9-14/h13-14,19H,3-12H2,1-2H3. The van der Waals surface area contributed by atoms with Crippen molar-refractivity contribution in [3.63, 3.8) is 0 Å². The van der Waals surface area contributed by atoms with Gasteiger partial charge in [0.1, 0.15) is 5.82 Å². The Morgan fingerprint density at radius 2 is 1.71 bits per heavy atom. The van der Waals surface area contributed by atoms with Gasteiger partial charge in [-0.1, -0.05) is 46.0 Å². The summed E-state index contributed by atoms with van der Waals surface area (Å²) in [5.41, 5.74) is 4.00. The minimum Gasteiger partial charge on any atom is -0.312 e. The van der Waals surface area contributed by atoms with Crippen LogP contribution in [0, 0.1) is 0 Å². The largest absolute Gasteiger partial charge is 0.312 e. The van der Waals surface area contributed by atoms with E-state index in [1.165, 1.54) is 61.9 Å². The summed E-state index contributed by atoms with van der Waals surface area (Å²) < 4.78 is 0. The van der Waals surface area contributed by atoms with Gasteiger partial charge in [-0.25, -0.2) is 9.97 Å². The van der Waals surface area contributed by atoms with Crippen molar-refractivity contribution in [3.8, 4) is 0 Å². The number of hydrogen-bond acceptors (Lipinski definition) is 3. The Hall–Kier alpha value is -0.960. The van der Waals surface area contributed by atoms with Crippen LogP contribution in [0.15, 0.2) is 0 Å². The number of aromatic nitrogens is 2. The average Bonchev–Trinajstić information content (AvgIpc) is 2.45. The summed E-state index contributed by atoms with van der Waals surface area (Å²) in [5.74, 6) is 2.25. The molecule has 1 aliphatic carbocycles. The zero-order valence-electron chi connectivity index (χ0n) is 13.6. The van der Waals surface area contributed by atoms with Crippen molar-refractivity contribution in [1.29, 1.82) is 0 Å². The van der Waals surface area contributed by atoms with Gasteiger partial charge in [-0.3, -0.25) is 0 Å². The molecule has 2 aliphatic rings. The van der Waals surface area contributed by atoms with Crippen molar-refractivity contribution in [2.75, 3.05) is 6.54 Å². The molecule has 2 heterocycles. The topological polar surface area (TPSA) is 37.8 Å². The molecule has 3 rings (SSSR count). The Kier molecular flexibility index (Phi) is 4.89. The monoisotopic (exact) mass is 287 g/mol. The summed E-state index contributed by atoms with van der Waals surface area (Å²) in [6.45, 7) is 6.54. The molecule has 21 heavy (non-hydrogen) atoms. The first-order valence-electron chi connectivity index (χ1n) is 8.86. The predicted octanol–water partition coefficient (Wildman–Crippen LogP) is 4.07. The highest BCUT2D eigenvalue weighted by molar-refractivity contribution is 5.31. The molecule has 0 atom stereocenters. The van der Waals surface area contributed by atoms with E-state index in [1.54, 1.807) is 0 Å². The summed E-state index contributed by atoms with van der Waals surface area (Å²) in [6, 6.07) is 0. The number of fused-ring (bicyclic) bond motifs is 1. The van der Waals surface area contributed by atoms with Gasteiger partial charge in [0, 0.05) is 31.0 Å². The lowest BCUT2D eigenvalue weighted by molar-refractivity contribution is 0.437. The zero-order valence-corrected chi connectivity index (χ0v) is 13.6. The van der Waals surface area contributed by atoms with E-state index < -0.39 is 0 Å². The molecule has 0 unspecified atom stereocenters. The van der Waals surface area contributed by atoms with Crippen molar-refractivity contribution in [2.45, 2.75) is 83.6 Å². The fraction of sp³-hybridized carbons (Fsp3) is 0.778. The highest BCUT2D eigenvalue weighted by atomic mass is 15.0. The Balaban J connectivity index is 1.92. The lowest BCUT2D eigenvalue weighted by Gasteiger charge is -2.25. The molecule has 3 nitrogen and oxygen atoms in total. The molecule has 1 aromatic rings. The molecule has 1 saturated carbocycles. The van der Waals surface area contributed by atoms with Gasteiger partial charge in [-0.15, -0.1) is 0 Å². The second-order valence-corrected chi connectivity index (χ2v) is 7.02. The van der Waals surface area contributed by atoms with E-state index in [0.717, 1.165) is 25.3 Å². The van der Waals surface area contributed by atoms with Crippen LogP contribution in [-0.4, -0.2) is 16.5 Å². The van der Waals surface area contributed by atoms with Crippen LogP contribution in [-0.2, 0) is 13.0 Å². The van der Waals surface area contributed by atoms with Crippen molar-refractivity contribution < 1.29 is 0 Å². The van der Waals surface area contributed by atoms with E-state index in [9.17, 15) is 0 Å². The minimum absolute atomic E-state index is 0.494. The lowest BCUT2D eigenvalue weighted by Crippen LogP contribution is -2.28. The smallest absolute Gasteiger partial charge is 0.131 e. The normalized spacial score (nSPS) is 20.9. The summed E-state index contributed by atoms with van der Waals surface area (Å²) in [4.78, 5) is 10.0. The van der Waals surface area contributed by atoms with Crippen LogP contribution < -0.4 is 5.32 Å². The van der Waals surface area contributed by atoms with Crippen LogP contribution >= 0.6 is 0 Å². The molecule has 1 fully saturated rings. The summed E-state index contributed by atoms with van der Waals surface area (Å²) in [6.07, 6.45) is 10.5. The average molecular weight is 287 g/mol. The first kappa shape index (κ1) is 15.0. The van der Waals surface area contributed by atoms with Gasteiger partial charge in [0.25, 0.3) is 0 Å². The van der Waals surface area contributed by atoms with Gasteiger partial charge in [0.05, 0.1) is 11.4 Å². The fourth-order valence-electron chi connectivity index (χ4n) is 3.76. The highest BCUT2D eigenvalue weighted by Gasteiger charge is 2.23. The van der Waals surface area contributed by atoms with Crippen LogP contribution in [0.4, 0.5) is 0 Å². The Morgan fingerprint density at radius 3 is 2.43 bits per heavy atom. The molecule has 0 spiro atoms. The Bertz CT molecular complexity index is 474. The second kappa shape index (κ2) is 6.87. The van der Waals surface area contributed by atoms with Gasteiger partial charge < -0.3 is 5.32 Å². The van der Waals surface area contributed by atoms with Crippen molar-refractivity contribution in [1.82, 2.24) is 15.3 Å². The van der Waals surface area contributed by atoms with Gasteiger partial charge >= 0.3 is 0 Å². The lowest BCUT2D eigenvalue weighted by atomic mass is 9.89. The Labute approximate surface area is 129 Å². The molecule has 1 aromatic heterocycles. The van der Waals surface area contributed by atoms with Crippen molar-refractivity contribution in [2.24, 2.45) is 0 Å². The molecular formula is C18H29N3. The van der Waals surface area contributed by atoms with Crippen LogP contribution in [0.2, 0.25) is 0 Å². The third-order valence-electron chi connectivity index (χ3n) is 5.00. The Morgan fingerprint density at radius 1 is 1.00 bits per heavy atom. The van der Waals surface area contributed by atoms with E-state index in [0.29, 0.717) is 11.8 Å². The first-order valence-corrected chi connectivity index (χ1v) is 8.86. The molecule has 116 valence electrons. The molecule has 0 amide bonds. The van der Waals surface area contributed by atoms with Crippen molar-refractivity contribution >= 4 is 0 Å². The zero-order chi connectivity index (χ0) is 14.7. The number of nitrogens with one attached hydrogen (secondary N) is 1. The van der Waals surface area contributed by atoms with E-state index in [1.807, 2.05) is 0 Å². The van der Waals surface area contributed by atoms with Gasteiger partial charge in [0.15, 0.2) is 0 Å². The number of nitrogens with zero attached hydrogens (tertiary/aromatic N) is 2. The van der Waals surface area contributed by atoms with E-state index in [4.69, 9.17) is 9.97 Å². The third-order valence-corrected chi connectivity index (χ3v) is 5.00. The van der Waals surface area contributed by atoms with E-state index in [2.05, 4.69) is 19.2 Å². The van der Waals surface area contributed by atoms with Crippen LogP contribution in [0.3, 0.4) is 0 Å². The van der Waals surface area contributed by atoms with Gasteiger partial charge in [-0.2, -0.15) is 0 Å². The van der Waals surface area contributed by atoms with Crippen molar-refractivity contribution in [3.05, 3.63) is 22.8 Å². The minimum atomic E-state index is 0.494. The number of hydrogen-bond donors (Lipinski definition) is 1. The molecule has 3 heteroatoms. The maximum absolute atomic E-state index is 5.03. The first-order chi connectivity index (χ1) is 10.3. The van der Waals surface area contributed by atoms with E-state index >= 15 is 0 Å².